The molecule has 2 saturated heterocycles. The Bertz CT molecular complexity index is 207. The van der Waals surface area contributed by atoms with Crippen molar-refractivity contribution in [2.24, 2.45) is 5.92 Å². The second kappa shape index (κ2) is 5.99. The van der Waals surface area contributed by atoms with Gasteiger partial charge in [0.1, 0.15) is 0 Å². The maximum atomic E-state index is 3.68. The van der Waals surface area contributed by atoms with Crippen LogP contribution in [0.4, 0.5) is 0 Å². The predicted molar refractivity (Wildman–Crippen MR) is 68.7 cm³/mol. The van der Waals surface area contributed by atoms with Crippen molar-refractivity contribution < 1.29 is 0 Å². The van der Waals surface area contributed by atoms with Crippen molar-refractivity contribution in [3.05, 3.63) is 0 Å². The fourth-order valence-electron chi connectivity index (χ4n) is 3.05. The van der Waals surface area contributed by atoms with Gasteiger partial charge < -0.3 is 15.1 Å². The largest absolute Gasteiger partial charge is 0.315 e. The van der Waals surface area contributed by atoms with E-state index in [1.54, 1.807) is 0 Å². The normalized spacial score (nSPS) is 33.4. The highest BCUT2D eigenvalue weighted by Crippen LogP contribution is 2.15. The Labute approximate surface area is 100 Å². The molecule has 0 radical (unpaired) electrons. The van der Waals surface area contributed by atoms with E-state index in [9.17, 15) is 0 Å². The first-order valence-corrected chi connectivity index (χ1v) is 6.85. The van der Waals surface area contributed by atoms with Crippen molar-refractivity contribution in [3.8, 4) is 0 Å². The van der Waals surface area contributed by atoms with Crippen molar-refractivity contribution in [1.82, 2.24) is 15.1 Å². The van der Waals surface area contributed by atoms with Gasteiger partial charge in [0.05, 0.1) is 0 Å². The summed E-state index contributed by atoms with van der Waals surface area (Å²) in [5.74, 6) is 0.888. The second-order valence-corrected chi connectivity index (χ2v) is 5.71. The van der Waals surface area contributed by atoms with Crippen molar-refractivity contribution in [1.29, 1.82) is 0 Å². The molecule has 2 unspecified atom stereocenters. The molecule has 1 N–H and O–H groups in total. The molecule has 2 rings (SSSR count). The smallest absolute Gasteiger partial charge is 0.0217 e. The van der Waals surface area contributed by atoms with Gasteiger partial charge in [0.15, 0.2) is 0 Å². The summed E-state index contributed by atoms with van der Waals surface area (Å²) in [5, 5.41) is 3.68. The van der Waals surface area contributed by atoms with Gasteiger partial charge in [0.2, 0.25) is 0 Å². The zero-order chi connectivity index (χ0) is 11.4. The average Bonchev–Trinajstić information content (AvgIpc) is 2.67. The van der Waals surface area contributed by atoms with Crippen LogP contribution in [-0.4, -0.2) is 62.7 Å². The zero-order valence-corrected chi connectivity index (χ0v) is 10.9. The Morgan fingerprint density at radius 2 is 1.94 bits per heavy atom. The van der Waals surface area contributed by atoms with E-state index < -0.39 is 0 Å². The van der Waals surface area contributed by atoms with Gasteiger partial charge in [-0.3, -0.25) is 0 Å². The van der Waals surface area contributed by atoms with Crippen LogP contribution in [0.2, 0.25) is 0 Å². The minimum absolute atomic E-state index is 0.785. The minimum atomic E-state index is 0.785. The molecule has 0 aliphatic carbocycles. The molecule has 0 spiro atoms. The van der Waals surface area contributed by atoms with Gasteiger partial charge in [-0.05, 0) is 58.9 Å². The number of nitrogens with one attached hydrogen (secondary N) is 1. The lowest BCUT2D eigenvalue weighted by molar-refractivity contribution is 0.180. The topological polar surface area (TPSA) is 18.5 Å². The summed E-state index contributed by atoms with van der Waals surface area (Å²) < 4.78 is 0. The number of piperidine rings is 1. The van der Waals surface area contributed by atoms with E-state index in [0.29, 0.717) is 0 Å². The summed E-state index contributed by atoms with van der Waals surface area (Å²) in [5.41, 5.74) is 0. The lowest BCUT2D eigenvalue weighted by Crippen LogP contribution is -2.44. The van der Waals surface area contributed by atoms with E-state index in [0.717, 1.165) is 12.0 Å². The van der Waals surface area contributed by atoms with E-state index in [-0.39, 0.29) is 0 Å². The van der Waals surface area contributed by atoms with Crippen LogP contribution in [0.25, 0.3) is 0 Å². The van der Waals surface area contributed by atoms with E-state index in [4.69, 9.17) is 0 Å². The van der Waals surface area contributed by atoms with Crippen molar-refractivity contribution in [3.63, 3.8) is 0 Å². The molecule has 0 bridgehead atoms. The molecule has 3 heteroatoms. The fourth-order valence-corrected chi connectivity index (χ4v) is 3.05. The number of hydrogen-bond acceptors (Lipinski definition) is 3. The number of rotatable bonds is 4. The standard InChI is InChI=1S/C13H27N3/c1-15-8-6-12(11-15)9-14-10-13-5-3-4-7-16(13)2/h12-14H,3-11H2,1-2H3. The molecule has 0 saturated carbocycles. The van der Waals surface area contributed by atoms with Gasteiger partial charge in [-0.15, -0.1) is 0 Å². The van der Waals surface area contributed by atoms with Crippen molar-refractivity contribution in [2.45, 2.75) is 31.7 Å². The summed E-state index contributed by atoms with van der Waals surface area (Å²) in [6, 6.07) is 0.785. The predicted octanol–water partition coefficient (Wildman–Crippen LogP) is 1.01. The molecule has 2 aliphatic rings. The van der Waals surface area contributed by atoms with Gasteiger partial charge in [-0.25, -0.2) is 0 Å². The molecule has 0 amide bonds. The third-order valence-electron chi connectivity index (χ3n) is 4.22. The summed E-state index contributed by atoms with van der Waals surface area (Å²) in [6.07, 6.45) is 5.57. The Morgan fingerprint density at radius 3 is 2.62 bits per heavy atom. The highest BCUT2D eigenvalue weighted by Gasteiger charge is 2.21. The van der Waals surface area contributed by atoms with Gasteiger partial charge in [-0.2, -0.15) is 0 Å². The third kappa shape index (κ3) is 3.44. The number of hydrogen-bond donors (Lipinski definition) is 1. The molecule has 2 heterocycles. The first-order chi connectivity index (χ1) is 7.75. The maximum Gasteiger partial charge on any atom is 0.0217 e. The molecule has 16 heavy (non-hydrogen) atoms. The molecule has 0 aromatic carbocycles. The highest BCUT2D eigenvalue weighted by molar-refractivity contribution is 4.79. The first kappa shape index (κ1) is 12.3. The van der Waals surface area contributed by atoms with Gasteiger partial charge in [-0.1, -0.05) is 6.42 Å². The van der Waals surface area contributed by atoms with Crippen LogP contribution in [0.1, 0.15) is 25.7 Å². The van der Waals surface area contributed by atoms with Gasteiger partial charge in [0.25, 0.3) is 0 Å². The van der Waals surface area contributed by atoms with E-state index in [2.05, 4.69) is 29.2 Å². The zero-order valence-electron chi connectivity index (χ0n) is 10.9. The van der Waals surface area contributed by atoms with Crippen LogP contribution < -0.4 is 5.32 Å². The summed E-state index contributed by atoms with van der Waals surface area (Å²) in [4.78, 5) is 4.97. The van der Waals surface area contributed by atoms with Crippen LogP contribution in [0, 0.1) is 5.92 Å². The van der Waals surface area contributed by atoms with E-state index in [1.165, 1.54) is 58.4 Å². The lowest BCUT2D eigenvalue weighted by Gasteiger charge is -2.32. The van der Waals surface area contributed by atoms with E-state index >= 15 is 0 Å². The average molecular weight is 225 g/mol. The van der Waals surface area contributed by atoms with Crippen LogP contribution in [0.15, 0.2) is 0 Å². The Hall–Kier alpha value is -0.120. The number of likely N-dealkylation sites (tertiary alicyclic amines) is 2. The lowest BCUT2D eigenvalue weighted by atomic mass is 10.0. The highest BCUT2D eigenvalue weighted by atomic mass is 15.2. The molecule has 0 aromatic rings. The van der Waals surface area contributed by atoms with Crippen molar-refractivity contribution in [2.75, 3.05) is 46.8 Å². The maximum absolute atomic E-state index is 3.68. The Morgan fingerprint density at radius 1 is 1.06 bits per heavy atom. The molecule has 2 fully saturated rings. The first-order valence-electron chi connectivity index (χ1n) is 6.85. The summed E-state index contributed by atoms with van der Waals surface area (Å²) in [6.45, 7) is 6.27. The third-order valence-corrected chi connectivity index (χ3v) is 4.22. The second-order valence-electron chi connectivity index (χ2n) is 5.71. The molecule has 0 aromatic heterocycles. The monoisotopic (exact) mass is 225 g/mol. The molecule has 2 atom stereocenters. The number of likely N-dealkylation sites (N-methyl/N-ethyl adjacent to an activating group) is 1. The molecule has 94 valence electrons. The van der Waals surface area contributed by atoms with E-state index in [1.807, 2.05) is 0 Å². The van der Waals surface area contributed by atoms with Gasteiger partial charge in [0, 0.05) is 19.1 Å². The van der Waals surface area contributed by atoms with Crippen LogP contribution in [0.3, 0.4) is 0 Å². The SMILES string of the molecule is CN1CCC(CNCC2CCCCN2C)C1. The Kier molecular flexibility index (Phi) is 4.62. The quantitative estimate of drug-likeness (QED) is 0.770. The van der Waals surface area contributed by atoms with Crippen LogP contribution in [0.5, 0.6) is 0 Å². The van der Waals surface area contributed by atoms with Crippen molar-refractivity contribution >= 4 is 0 Å². The molecular formula is C13H27N3. The van der Waals surface area contributed by atoms with Gasteiger partial charge >= 0.3 is 0 Å². The summed E-state index contributed by atoms with van der Waals surface area (Å²) >= 11 is 0. The minimum Gasteiger partial charge on any atom is -0.315 e. The fraction of sp³-hybridized carbons (Fsp3) is 1.00. The van der Waals surface area contributed by atoms with Crippen LogP contribution >= 0.6 is 0 Å². The molecular weight excluding hydrogens is 198 g/mol. The number of nitrogens with zero attached hydrogens (tertiary/aromatic N) is 2. The molecule has 2 aliphatic heterocycles. The molecule has 3 nitrogen and oxygen atoms in total. The Balaban J connectivity index is 1.60. The summed E-state index contributed by atoms with van der Waals surface area (Å²) in [7, 11) is 4.50. The van der Waals surface area contributed by atoms with Crippen LogP contribution in [-0.2, 0) is 0 Å².